The lowest BCUT2D eigenvalue weighted by molar-refractivity contribution is -0.124. The second-order valence-electron chi connectivity index (χ2n) is 7.58. The Labute approximate surface area is 162 Å². The van der Waals surface area contributed by atoms with E-state index in [-0.39, 0.29) is 36.3 Å². The smallest absolute Gasteiger partial charge is 0.253 e. The molecule has 2 N–H and O–H groups in total. The number of rotatable bonds is 8. The number of nitrogens with zero attached hydrogens (tertiary/aromatic N) is 2. The standard InChI is InChI=1S/C20H32N4O3/c1-7-24(8-2)19(27)15-10-9-11-16(12-15)21-17(25)13-23(6)14-18(26)22-20(3,4)5/h9-12H,7-8,13-14H2,1-6H3,(H,21,25)(H,22,26). The van der Waals surface area contributed by atoms with E-state index < -0.39 is 0 Å². The first kappa shape index (κ1) is 22.6. The fourth-order valence-corrected chi connectivity index (χ4v) is 2.63. The van der Waals surface area contributed by atoms with Crippen molar-refractivity contribution < 1.29 is 14.4 Å². The van der Waals surface area contributed by atoms with Crippen LogP contribution in [0.5, 0.6) is 0 Å². The third-order valence-electron chi connectivity index (χ3n) is 3.79. The van der Waals surface area contributed by atoms with Gasteiger partial charge in [-0.2, -0.15) is 0 Å². The highest BCUT2D eigenvalue weighted by Gasteiger charge is 2.17. The molecule has 0 radical (unpaired) electrons. The number of likely N-dealkylation sites (N-methyl/N-ethyl adjacent to an activating group) is 1. The summed E-state index contributed by atoms with van der Waals surface area (Å²) in [5.74, 6) is -0.440. The molecular formula is C20H32N4O3. The topological polar surface area (TPSA) is 81.8 Å². The number of carbonyl (C=O) groups is 3. The minimum atomic E-state index is -0.308. The highest BCUT2D eigenvalue weighted by atomic mass is 16.2. The Balaban J connectivity index is 2.63. The molecule has 0 aliphatic rings. The predicted molar refractivity (Wildman–Crippen MR) is 108 cm³/mol. The van der Waals surface area contributed by atoms with Gasteiger partial charge in [0.05, 0.1) is 13.1 Å². The van der Waals surface area contributed by atoms with Crippen molar-refractivity contribution in [2.24, 2.45) is 0 Å². The molecule has 0 saturated heterocycles. The summed E-state index contributed by atoms with van der Waals surface area (Å²) in [6.07, 6.45) is 0. The van der Waals surface area contributed by atoms with Gasteiger partial charge < -0.3 is 15.5 Å². The Kier molecular flexibility index (Phi) is 8.43. The third kappa shape index (κ3) is 8.21. The van der Waals surface area contributed by atoms with Crippen LogP contribution in [0.3, 0.4) is 0 Å². The van der Waals surface area contributed by atoms with Gasteiger partial charge in [0.1, 0.15) is 0 Å². The number of anilines is 1. The molecule has 0 spiro atoms. The molecule has 1 rings (SSSR count). The Morgan fingerprint density at radius 1 is 1.00 bits per heavy atom. The maximum Gasteiger partial charge on any atom is 0.253 e. The van der Waals surface area contributed by atoms with E-state index in [1.807, 2.05) is 34.6 Å². The van der Waals surface area contributed by atoms with Crippen LogP contribution in [0.2, 0.25) is 0 Å². The number of hydrogen-bond acceptors (Lipinski definition) is 4. The Hall–Kier alpha value is -2.41. The SMILES string of the molecule is CCN(CC)C(=O)c1cccc(NC(=O)CN(C)CC(=O)NC(C)(C)C)c1. The maximum atomic E-state index is 12.4. The summed E-state index contributed by atoms with van der Waals surface area (Å²) < 4.78 is 0. The van der Waals surface area contributed by atoms with E-state index in [1.165, 1.54) is 0 Å². The fraction of sp³-hybridized carbons (Fsp3) is 0.550. The molecule has 7 nitrogen and oxygen atoms in total. The van der Waals surface area contributed by atoms with Crippen molar-refractivity contribution >= 4 is 23.4 Å². The molecule has 3 amide bonds. The summed E-state index contributed by atoms with van der Waals surface area (Å²) in [6, 6.07) is 6.89. The van der Waals surface area contributed by atoms with E-state index >= 15 is 0 Å². The highest BCUT2D eigenvalue weighted by Crippen LogP contribution is 2.13. The minimum Gasteiger partial charge on any atom is -0.350 e. The van der Waals surface area contributed by atoms with E-state index in [9.17, 15) is 14.4 Å². The minimum absolute atomic E-state index is 0.0629. The summed E-state index contributed by atoms with van der Waals surface area (Å²) in [7, 11) is 1.71. The normalized spacial score (nSPS) is 11.2. The molecule has 150 valence electrons. The molecule has 1 aromatic carbocycles. The lowest BCUT2D eigenvalue weighted by Crippen LogP contribution is -2.46. The molecule has 0 unspecified atom stereocenters. The Morgan fingerprint density at radius 3 is 2.15 bits per heavy atom. The molecule has 0 fully saturated rings. The first-order valence-electron chi connectivity index (χ1n) is 9.24. The monoisotopic (exact) mass is 376 g/mol. The van der Waals surface area contributed by atoms with Crippen LogP contribution in [-0.4, -0.2) is 66.3 Å². The van der Waals surface area contributed by atoms with Gasteiger partial charge in [0.15, 0.2) is 0 Å². The quantitative estimate of drug-likeness (QED) is 0.727. The lowest BCUT2D eigenvalue weighted by atomic mass is 10.1. The number of amides is 3. The van der Waals surface area contributed by atoms with Crippen molar-refractivity contribution in [2.75, 3.05) is 38.5 Å². The van der Waals surface area contributed by atoms with Gasteiger partial charge in [0.2, 0.25) is 11.8 Å². The summed E-state index contributed by atoms with van der Waals surface area (Å²) in [6.45, 7) is 11.0. The second-order valence-corrected chi connectivity index (χ2v) is 7.58. The van der Waals surface area contributed by atoms with Gasteiger partial charge in [0, 0.05) is 29.9 Å². The van der Waals surface area contributed by atoms with Gasteiger partial charge in [-0.25, -0.2) is 0 Å². The van der Waals surface area contributed by atoms with Crippen LogP contribution in [0.4, 0.5) is 5.69 Å². The van der Waals surface area contributed by atoms with Crippen LogP contribution >= 0.6 is 0 Å². The molecule has 27 heavy (non-hydrogen) atoms. The zero-order valence-electron chi connectivity index (χ0n) is 17.3. The lowest BCUT2D eigenvalue weighted by Gasteiger charge is -2.23. The van der Waals surface area contributed by atoms with Crippen LogP contribution in [0.25, 0.3) is 0 Å². The van der Waals surface area contributed by atoms with Crippen molar-refractivity contribution in [3.63, 3.8) is 0 Å². The van der Waals surface area contributed by atoms with E-state index in [0.717, 1.165) is 0 Å². The van der Waals surface area contributed by atoms with E-state index in [1.54, 1.807) is 41.1 Å². The first-order valence-corrected chi connectivity index (χ1v) is 9.24. The van der Waals surface area contributed by atoms with Gasteiger partial charge in [-0.3, -0.25) is 19.3 Å². The average molecular weight is 377 g/mol. The molecular weight excluding hydrogens is 344 g/mol. The van der Waals surface area contributed by atoms with Gasteiger partial charge in [-0.1, -0.05) is 6.07 Å². The Bertz CT molecular complexity index is 663. The zero-order valence-corrected chi connectivity index (χ0v) is 17.3. The van der Waals surface area contributed by atoms with Crippen molar-refractivity contribution in [1.82, 2.24) is 15.1 Å². The van der Waals surface area contributed by atoms with Crippen molar-refractivity contribution in [3.05, 3.63) is 29.8 Å². The molecule has 0 saturated carbocycles. The predicted octanol–water partition coefficient (Wildman–Crippen LogP) is 1.95. The second kappa shape index (κ2) is 10.1. The van der Waals surface area contributed by atoms with Crippen molar-refractivity contribution in [3.8, 4) is 0 Å². The van der Waals surface area contributed by atoms with Gasteiger partial charge in [-0.15, -0.1) is 0 Å². The Morgan fingerprint density at radius 2 is 1.59 bits per heavy atom. The largest absolute Gasteiger partial charge is 0.350 e. The number of nitrogens with one attached hydrogen (secondary N) is 2. The molecule has 0 heterocycles. The third-order valence-corrected chi connectivity index (χ3v) is 3.79. The van der Waals surface area contributed by atoms with E-state index in [4.69, 9.17) is 0 Å². The molecule has 0 aliphatic heterocycles. The van der Waals surface area contributed by atoms with Crippen LogP contribution in [0.1, 0.15) is 45.0 Å². The van der Waals surface area contributed by atoms with Crippen LogP contribution in [0, 0.1) is 0 Å². The molecule has 7 heteroatoms. The van der Waals surface area contributed by atoms with Gasteiger partial charge in [-0.05, 0) is 59.9 Å². The van der Waals surface area contributed by atoms with E-state index in [2.05, 4.69) is 10.6 Å². The highest BCUT2D eigenvalue weighted by molar-refractivity contribution is 5.97. The number of carbonyl (C=O) groups excluding carboxylic acids is 3. The summed E-state index contributed by atoms with van der Waals surface area (Å²) in [4.78, 5) is 39.9. The molecule has 1 aromatic rings. The van der Waals surface area contributed by atoms with Crippen LogP contribution in [-0.2, 0) is 9.59 Å². The molecule has 0 aliphatic carbocycles. The van der Waals surface area contributed by atoms with E-state index in [0.29, 0.717) is 24.3 Å². The molecule has 0 bridgehead atoms. The maximum absolute atomic E-state index is 12.4. The molecule has 0 aromatic heterocycles. The van der Waals surface area contributed by atoms with Crippen LogP contribution in [0.15, 0.2) is 24.3 Å². The average Bonchev–Trinajstić information content (AvgIpc) is 2.53. The first-order chi connectivity index (χ1) is 12.6. The number of benzene rings is 1. The summed E-state index contributed by atoms with van der Waals surface area (Å²) >= 11 is 0. The van der Waals surface area contributed by atoms with Gasteiger partial charge in [0.25, 0.3) is 5.91 Å². The van der Waals surface area contributed by atoms with Crippen molar-refractivity contribution in [2.45, 2.75) is 40.2 Å². The zero-order chi connectivity index (χ0) is 20.6. The van der Waals surface area contributed by atoms with Gasteiger partial charge >= 0.3 is 0 Å². The fourth-order valence-electron chi connectivity index (χ4n) is 2.63. The van der Waals surface area contributed by atoms with Crippen molar-refractivity contribution in [1.29, 1.82) is 0 Å². The summed E-state index contributed by atoms with van der Waals surface area (Å²) in [5, 5.41) is 5.64. The number of hydrogen-bond donors (Lipinski definition) is 2. The van der Waals surface area contributed by atoms with Crippen LogP contribution < -0.4 is 10.6 Å². The molecule has 0 atom stereocenters. The summed E-state index contributed by atoms with van der Waals surface area (Å²) in [5.41, 5.74) is 0.790.